The van der Waals surface area contributed by atoms with Gasteiger partial charge in [-0.25, -0.2) is 4.39 Å². The summed E-state index contributed by atoms with van der Waals surface area (Å²) in [6.45, 7) is 1.33. The molecule has 2 N–H and O–H groups in total. The molecule has 21 heavy (non-hydrogen) atoms. The molecule has 1 aliphatic rings. The van der Waals surface area contributed by atoms with Crippen molar-refractivity contribution in [2.75, 3.05) is 20.2 Å². The van der Waals surface area contributed by atoms with Crippen molar-refractivity contribution in [3.05, 3.63) is 30.1 Å². The summed E-state index contributed by atoms with van der Waals surface area (Å²) in [4.78, 5) is 6.41. The summed E-state index contributed by atoms with van der Waals surface area (Å²) in [5.41, 5.74) is 5.89. The molecule has 0 heterocycles. The van der Waals surface area contributed by atoms with Gasteiger partial charge in [-0.2, -0.15) is 0 Å². The summed E-state index contributed by atoms with van der Waals surface area (Å²) < 4.78 is 18.2. The number of benzene rings is 1. The molecule has 0 radical (unpaired) electrons. The fourth-order valence-corrected chi connectivity index (χ4v) is 1.89. The van der Waals surface area contributed by atoms with E-state index in [0.717, 1.165) is 19.4 Å². The van der Waals surface area contributed by atoms with Gasteiger partial charge in [0.2, 0.25) is 0 Å². The summed E-state index contributed by atoms with van der Waals surface area (Å²) in [5.74, 6) is 1.08. The molecule has 1 fully saturated rings. The molecule has 0 saturated heterocycles. The molecule has 0 unspecified atom stereocenters. The average Bonchev–Trinajstić information content (AvgIpc) is 3.28. The van der Waals surface area contributed by atoms with E-state index in [1.54, 1.807) is 12.1 Å². The normalized spacial score (nSPS) is 14.5. The van der Waals surface area contributed by atoms with Crippen LogP contribution in [-0.4, -0.2) is 37.1 Å². The zero-order valence-corrected chi connectivity index (χ0v) is 14.6. The van der Waals surface area contributed by atoms with Crippen molar-refractivity contribution in [2.24, 2.45) is 10.7 Å². The maximum atomic E-state index is 12.7. The van der Waals surface area contributed by atoms with Gasteiger partial charge >= 0.3 is 0 Å². The Labute approximate surface area is 142 Å². The third-order valence-corrected chi connectivity index (χ3v) is 3.36. The van der Waals surface area contributed by atoms with Crippen molar-refractivity contribution in [1.82, 2.24) is 4.90 Å². The lowest BCUT2D eigenvalue weighted by molar-refractivity contribution is 0.307. The highest BCUT2D eigenvalue weighted by molar-refractivity contribution is 14.0. The smallest absolute Gasteiger partial charge is 0.191 e. The van der Waals surface area contributed by atoms with Gasteiger partial charge in [0.05, 0.1) is 6.61 Å². The van der Waals surface area contributed by atoms with Gasteiger partial charge in [0.1, 0.15) is 11.6 Å². The van der Waals surface area contributed by atoms with Crippen LogP contribution >= 0.6 is 24.0 Å². The molecule has 6 heteroatoms. The Balaban J connectivity index is 0.00000220. The molecule has 1 aliphatic carbocycles. The Hall–Kier alpha value is -1.05. The fourth-order valence-electron chi connectivity index (χ4n) is 1.89. The standard InChI is InChI=1S/C15H22FN3O.HI/c1-19(13-6-7-13)15(17)18-10-2-3-11-20-14-8-4-12(16)5-9-14;/h4-5,8-9,13H,2-3,6-7,10-11H2,1H3,(H2,17,18);1H. The Morgan fingerprint density at radius 2 is 2.00 bits per heavy atom. The van der Waals surface area contributed by atoms with Gasteiger partial charge in [0.25, 0.3) is 0 Å². The minimum Gasteiger partial charge on any atom is -0.494 e. The molecular weight excluding hydrogens is 384 g/mol. The van der Waals surface area contributed by atoms with Crippen LogP contribution in [0.1, 0.15) is 25.7 Å². The van der Waals surface area contributed by atoms with Crippen LogP contribution < -0.4 is 10.5 Å². The lowest BCUT2D eigenvalue weighted by atomic mass is 10.3. The van der Waals surface area contributed by atoms with Crippen LogP contribution in [0, 0.1) is 5.82 Å². The molecule has 0 amide bonds. The van der Waals surface area contributed by atoms with Crippen molar-refractivity contribution in [3.8, 4) is 5.75 Å². The van der Waals surface area contributed by atoms with Crippen molar-refractivity contribution < 1.29 is 9.13 Å². The average molecular weight is 407 g/mol. The second-order valence-corrected chi connectivity index (χ2v) is 5.09. The van der Waals surface area contributed by atoms with Crippen LogP contribution in [-0.2, 0) is 0 Å². The Morgan fingerprint density at radius 3 is 2.62 bits per heavy atom. The van der Waals surface area contributed by atoms with Gasteiger partial charge in [0.15, 0.2) is 5.96 Å². The van der Waals surface area contributed by atoms with Gasteiger partial charge in [0, 0.05) is 19.6 Å². The number of nitrogens with zero attached hydrogens (tertiary/aromatic N) is 2. The van der Waals surface area contributed by atoms with E-state index in [9.17, 15) is 4.39 Å². The summed E-state index contributed by atoms with van der Waals surface area (Å²) in [5, 5.41) is 0. The predicted octanol–water partition coefficient (Wildman–Crippen LogP) is 3.01. The quantitative estimate of drug-likeness (QED) is 0.327. The molecule has 1 aromatic carbocycles. The first-order chi connectivity index (χ1) is 9.66. The highest BCUT2D eigenvalue weighted by Gasteiger charge is 2.27. The topological polar surface area (TPSA) is 50.8 Å². The number of nitrogens with two attached hydrogens (primary N) is 1. The summed E-state index contributed by atoms with van der Waals surface area (Å²) in [6.07, 6.45) is 4.28. The molecule has 0 atom stereocenters. The first kappa shape index (κ1) is 18.0. The van der Waals surface area contributed by atoms with Crippen molar-refractivity contribution in [3.63, 3.8) is 0 Å². The largest absolute Gasteiger partial charge is 0.494 e. The van der Waals surface area contributed by atoms with E-state index >= 15 is 0 Å². The lowest BCUT2D eigenvalue weighted by Crippen LogP contribution is -2.35. The van der Waals surface area contributed by atoms with Crippen LogP contribution in [0.3, 0.4) is 0 Å². The number of hydrogen-bond acceptors (Lipinski definition) is 2. The molecule has 1 aromatic rings. The summed E-state index contributed by atoms with van der Waals surface area (Å²) >= 11 is 0. The number of hydrogen-bond donors (Lipinski definition) is 1. The van der Waals surface area contributed by atoms with E-state index in [4.69, 9.17) is 10.5 Å². The lowest BCUT2D eigenvalue weighted by Gasteiger charge is -2.16. The zero-order chi connectivity index (χ0) is 14.4. The van der Waals surface area contributed by atoms with Gasteiger partial charge in [-0.15, -0.1) is 24.0 Å². The fraction of sp³-hybridized carbons (Fsp3) is 0.533. The SMILES string of the molecule is CN(C(N)=NCCCCOc1ccc(F)cc1)C1CC1.I. The monoisotopic (exact) mass is 407 g/mol. The summed E-state index contributed by atoms with van der Waals surface area (Å²) in [7, 11) is 1.99. The van der Waals surface area contributed by atoms with Crippen molar-refractivity contribution in [2.45, 2.75) is 31.7 Å². The van der Waals surface area contributed by atoms with Crippen LogP contribution in [0.25, 0.3) is 0 Å². The first-order valence-corrected chi connectivity index (χ1v) is 7.08. The van der Waals surface area contributed by atoms with E-state index in [2.05, 4.69) is 9.89 Å². The second kappa shape index (κ2) is 9.07. The number of guanidine groups is 1. The van der Waals surface area contributed by atoms with Gasteiger partial charge in [-0.1, -0.05) is 0 Å². The summed E-state index contributed by atoms with van der Waals surface area (Å²) in [6, 6.07) is 6.66. The van der Waals surface area contributed by atoms with E-state index in [0.29, 0.717) is 24.4 Å². The van der Waals surface area contributed by atoms with Crippen molar-refractivity contribution in [1.29, 1.82) is 0 Å². The van der Waals surface area contributed by atoms with Gasteiger partial charge < -0.3 is 15.4 Å². The molecule has 0 bridgehead atoms. The molecule has 0 aromatic heterocycles. The van der Waals surface area contributed by atoms with Gasteiger partial charge in [-0.3, -0.25) is 4.99 Å². The number of unbranched alkanes of at least 4 members (excludes halogenated alkanes) is 1. The third kappa shape index (κ3) is 6.50. The number of ether oxygens (including phenoxy) is 1. The zero-order valence-electron chi connectivity index (χ0n) is 12.3. The van der Waals surface area contributed by atoms with Crippen LogP contribution in [0.2, 0.25) is 0 Å². The van der Waals surface area contributed by atoms with Crippen molar-refractivity contribution >= 4 is 29.9 Å². The highest BCUT2D eigenvalue weighted by atomic mass is 127. The van der Waals surface area contributed by atoms with Gasteiger partial charge in [-0.05, 0) is 49.9 Å². The number of halogens is 2. The highest BCUT2D eigenvalue weighted by Crippen LogP contribution is 2.24. The molecule has 0 aliphatic heterocycles. The number of aliphatic imine (C=N–C) groups is 1. The third-order valence-electron chi connectivity index (χ3n) is 3.36. The molecule has 0 spiro atoms. The molecule has 1 saturated carbocycles. The Kier molecular flexibility index (Phi) is 7.77. The van der Waals surface area contributed by atoms with E-state index in [-0.39, 0.29) is 29.8 Å². The van der Waals surface area contributed by atoms with E-state index < -0.39 is 0 Å². The maximum Gasteiger partial charge on any atom is 0.191 e. The van der Waals surface area contributed by atoms with Crippen LogP contribution in [0.4, 0.5) is 4.39 Å². The van der Waals surface area contributed by atoms with E-state index in [1.165, 1.54) is 25.0 Å². The Morgan fingerprint density at radius 1 is 1.33 bits per heavy atom. The second-order valence-electron chi connectivity index (χ2n) is 5.09. The van der Waals surface area contributed by atoms with E-state index in [1.807, 2.05) is 7.05 Å². The maximum absolute atomic E-state index is 12.7. The molecule has 2 rings (SSSR count). The molecular formula is C15H23FIN3O. The first-order valence-electron chi connectivity index (χ1n) is 7.08. The van der Waals surface area contributed by atoms with Crippen LogP contribution in [0.5, 0.6) is 5.75 Å². The predicted molar refractivity (Wildman–Crippen MR) is 93.8 cm³/mol. The Bertz CT molecular complexity index is 449. The molecule has 4 nitrogen and oxygen atoms in total. The number of rotatable bonds is 7. The van der Waals surface area contributed by atoms with Crippen LogP contribution in [0.15, 0.2) is 29.3 Å². The minimum atomic E-state index is -0.248. The minimum absolute atomic E-state index is 0. The molecule has 118 valence electrons.